The fourth-order valence-corrected chi connectivity index (χ4v) is 5.77. The second kappa shape index (κ2) is 9.45. The van der Waals surface area contributed by atoms with E-state index in [1.807, 2.05) is 30.3 Å². The molecule has 5 heterocycles. The molecule has 0 aliphatic carbocycles. The maximum absolute atomic E-state index is 12.4. The van der Waals surface area contributed by atoms with Crippen molar-refractivity contribution in [2.24, 2.45) is 9.36 Å². The van der Waals surface area contributed by atoms with Crippen LogP contribution in [0.5, 0.6) is 0 Å². The zero-order valence-electron chi connectivity index (χ0n) is 20.2. The normalized spacial score (nSPS) is 25.8. The van der Waals surface area contributed by atoms with Crippen molar-refractivity contribution in [2.75, 3.05) is 26.5 Å². The molecular weight excluding hydrogens is 516 g/mol. The van der Waals surface area contributed by atoms with Crippen LogP contribution in [0.3, 0.4) is 0 Å². The van der Waals surface area contributed by atoms with Gasteiger partial charge in [-0.05, 0) is 18.2 Å². The average Bonchev–Trinajstić information content (AvgIpc) is 3.60. The first kappa shape index (κ1) is 24.4. The highest BCUT2D eigenvalue weighted by Gasteiger charge is 2.49. The van der Waals surface area contributed by atoms with Crippen molar-refractivity contribution in [1.82, 2.24) is 9.97 Å². The Kier molecular flexibility index (Phi) is 6.24. The number of fused-ring (bicyclic) bond motifs is 2. The van der Waals surface area contributed by atoms with Gasteiger partial charge in [-0.2, -0.15) is 0 Å². The maximum atomic E-state index is 12.4. The van der Waals surface area contributed by atoms with Crippen LogP contribution >= 0.6 is 11.6 Å². The number of rotatable bonds is 4. The molecule has 1 aromatic carbocycles. The Balaban J connectivity index is 1.18. The molecule has 2 fully saturated rings. The van der Waals surface area contributed by atoms with Gasteiger partial charge in [-0.15, -0.1) is 0 Å². The van der Waals surface area contributed by atoms with E-state index in [1.54, 1.807) is 31.6 Å². The van der Waals surface area contributed by atoms with Crippen molar-refractivity contribution >= 4 is 32.9 Å². The first-order valence-corrected chi connectivity index (χ1v) is 14.1. The number of pyridine rings is 2. The van der Waals surface area contributed by atoms with E-state index in [4.69, 9.17) is 30.8 Å². The van der Waals surface area contributed by atoms with Crippen molar-refractivity contribution in [2.45, 2.75) is 35.7 Å². The van der Waals surface area contributed by atoms with Gasteiger partial charge < -0.3 is 19.3 Å². The molecule has 2 aromatic heterocycles. The number of hydrogen-bond donors (Lipinski definition) is 1. The second-order valence-corrected chi connectivity index (χ2v) is 12.1. The average molecular weight is 541 g/mol. The number of hydrogen-bond acceptors (Lipinski definition) is 9. The summed E-state index contributed by atoms with van der Waals surface area (Å²) in [6, 6.07) is 13.2. The molecule has 5 atom stereocenters. The van der Waals surface area contributed by atoms with Gasteiger partial charge in [0.1, 0.15) is 18.3 Å². The van der Waals surface area contributed by atoms with E-state index in [-0.39, 0.29) is 24.9 Å². The van der Waals surface area contributed by atoms with Crippen molar-refractivity contribution < 1.29 is 23.5 Å². The lowest BCUT2D eigenvalue weighted by Gasteiger charge is -2.17. The summed E-state index contributed by atoms with van der Waals surface area (Å²) in [6.45, 7) is 0.592. The van der Waals surface area contributed by atoms with E-state index in [0.29, 0.717) is 40.2 Å². The van der Waals surface area contributed by atoms with Gasteiger partial charge in [0.2, 0.25) is 0 Å². The first-order chi connectivity index (χ1) is 17.8. The molecule has 3 aromatic rings. The first-order valence-electron chi connectivity index (χ1n) is 11.8. The molecule has 192 valence electrons. The molecule has 37 heavy (non-hydrogen) atoms. The van der Waals surface area contributed by atoms with Crippen LogP contribution < -0.4 is 0 Å². The summed E-state index contributed by atoms with van der Waals surface area (Å²) >= 11 is 6.59. The number of aliphatic hydroxyl groups excluding tert-OH is 1. The number of ether oxygens (including phenoxy) is 3. The molecule has 0 radical (unpaired) electrons. The standard InChI is InChI=1S/C26H25ClN4O5S/c1-28-37(2,33)16-7-8-18(29-11-16)14-3-5-15(6-4-14)24-17(27)9-19-20(31-24)10-23(30-19)36-22-13-35-25-21(32)12-34-26(22)25/h3-9,11,21-22,25-26,32H,10,12-13H2,1-2H3/t21-,22-,25-,26-,37?/m1/s1. The largest absolute Gasteiger partial charge is 0.472 e. The molecule has 0 saturated carbocycles. The summed E-state index contributed by atoms with van der Waals surface area (Å²) in [5, 5.41) is 10.4. The van der Waals surface area contributed by atoms with Crippen molar-refractivity contribution in [3.63, 3.8) is 0 Å². The number of aliphatic imine (C=N–C) groups is 1. The fourth-order valence-electron chi connectivity index (χ4n) is 4.73. The molecule has 2 saturated heterocycles. The summed E-state index contributed by atoms with van der Waals surface area (Å²) in [7, 11) is -0.873. The monoisotopic (exact) mass is 540 g/mol. The quantitative estimate of drug-likeness (QED) is 0.536. The van der Waals surface area contributed by atoms with Gasteiger partial charge >= 0.3 is 0 Å². The minimum atomic E-state index is -2.42. The van der Waals surface area contributed by atoms with E-state index in [2.05, 4.69) is 14.3 Å². The minimum Gasteiger partial charge on any atom is -0.472 e. The van der Waals surface area contributed by atoms with Gasteiger partial charge in [-0.3, -0.25) is 4.98 Å². The number of nitrogens with zero attached hydrogens (tertiary/aromatic N) is 4. The van der Waals surface area contributed by atoms with E-state index in [9.17, 15) is 9.32 Å². The van der Waals surface area contributed by atoms with Crippen LogP contribution in [0, 0.1) is 0 Å². The lowest BCUT2D eigenvalue weighted by Crippen LogP contribution is -2.34. The third-order valence-electron chi connectivity index (χ3n) is 6.84. The number of aliphatic hydroxyl groups is 1. The summed E-state index contributed by atoms with van der Waals surface area (Å²) in [6.07, 6.45) is 2.04. The lowest BCUT2D eigenvalue weighted by molar-refractivity contribution is 0.00558. The van der Waals surface area contributed by atoms with Crippen molar-refractivity contribution in [3.8, 4) is 22.5 Å². The Morgan fingerprint density at radius 3 is 2.59 bits per heavy atom. The van der Waals surface area contributed by atoms with E-state index in [1.165, 1.54) is 0 Å². The molecule has 9 nitrogen and oxygen atoms in total. The summed E-state index contributed by atoms with van der Waals surface area (Å²) in [5.41, 5.74) is 4.67. The lowest BCUT2D eigenvalue weighted by atomic mass is 10.1. The van der Waals surface area contributed by atoms with Crippen LogP contribution in [0.1, 0.15) is 5.69 Å². The molecule has 3 aliphatic rings. The zero-order chi connectivity index (χ0) is 25.7. The van der Waals surface area contributed by atoms with Crippen molar-refractivity contribution in [3.05, 3.63) is 59.4 Å². The highest BCUT2D eigenvalue weighted by Crippen LogP contribution is 2.36. The minimum absolute atomic E-state index is 0.248. The predicted octanol–water partition coefficient (Wildman–Crippen LogP) is 3.68. The van der Waals surface area contributed by atoms with Gasteiger partial charge in [0.05, 0.1) is 62.1 Å². The molecule has 1 unspecified atom stereocenters. The van der Waals surface area contributed by atoms with Gasteiger partial charge in [0.15, 0.2) is 12.0 Å². The summed E-state index contributed by atoms with van der Waals surface area (Å²) < 4.78 is 33.7. The predicted molar refractivity (Wildman–Crippen MR) is 140 cm³/mol. The van der Waals surface area contributed by atoms with Crippen LogP contribution in [0.15, 0.2) is 62.9 Å². The van der Waals surface area contributed by atoms with Crippen LogP contribution in [0.4, 0.5) is 5.69 Å². The second-order valence-electron chi connectivity index (χ2n) is 9.23. The van der Waals surface area contributed by atoms with Gasteiger partial charge in [0, 0.05) is 30.6 Å². The van der Waals surface area contributed by atoms with Gasteiger partial charge in [-0.1, -0.05) is 35.9 Å². The summed E-state index contributed by atoms with van der Waals surface area (Å²) in [5.74, 6) is 0.534. The van der Waals surface area contributed by atoms with Crippen LogP contribution in [-0.2, 0) is 30.4 Å². The molecule has 0 amide bonds. The Morgan fingerprint density at radius 2 is 1.86 bits per heavy atom. The fraction of sp³-hybridized carbons (Fsp3) is 0.346. The zero-order valence-corrected chi connectivity index (χ0v) is 21.8. The Hall–Kier alpha value is -2.89. The highest BCUT2D eigenvalue weighted by molar-refractivity contribution is 7.93. The molecule has 11 heteroatoms. The topological polar surface area (TPSA) is 115 Å². The summed E-state index contributed by atoms with van der Waals surface area (Å²) in [4.78, 5) is 14.4. The van der Waals surface area contributed by atoms with Gasteiger partial charge in [-0.25, -0.2) is 18.5 Å². The SMILES string of the molecule is CN=S(C)(=O)c1ccc(-c2ccc(-c3nc4c(cc3Cl)N=C(O[C@@H]3CO[C@H]5[C@@H]3OC[C@H]5O)C4)cc2)nc1. The van der Waals surface area contributed by atoms with Crippen molar-refractivity contribution in [1.29, 1.82) is 0 Å². The smallest absolute Gasteiger partial charge is 0.195 e. The van der Waals surface area contributed by atoms with Crippen LogP contribution in [0.2, 0.25) is 5.02 Å². The molecule has 6 rings (SSSR count). The third-order valence-corrected chi connectivity index (χ3v) is 8.94. The molecule has 0 bridgehead atoms. The van der Waals surface area contributed by atoms with Crippen LogP contribution in [0.25, 0.3) is 22.5 Å². The van der Waals surface area contributed by atoms with Gasteiger partial charge in [0.25, 0.3) is 0 Å². The van der Waals surface area contributed by atoms with Crippen LogP contribution in [-0.4, -0.2) is 76.1 Å². The number of halogens is 1. The third kappa shape index (κ3) is 4.53. The molecule has 3 aliphatic heterocycles. The van der Waals surface area contributed by atoms with E-state index >= 15 is 0 Å². The molecular formula is C26H25ClN4O5S. The van der Waals surface area contributed by atoms with E-state index < -0.39 is 15.8 Å². The van der Waals surface area contributed by atoms with E-state index in [0.717, 1.165) is 22.5 Å². The number of benzene rings is 1. The molecule has 0 spiro atoms. The maximum Gasteiger partial charge on any atom is 0.195 e. The Labute approximate surface area is 219 Å². The Bertz CT molecular complexity index is 1500. The Morgan fingerprint density at radius 1 is 1.11 bits per heavy atom. The molecule has 1 N–H and O–H groups in total. The number of aromatic nitrogens is 2. The highest BCUT2D eigenvalue weighted by atomic mass is 35.5.